The second-order valence-corrected chi connectivity index (χ2v) is 8.83. The molecule has 33 heavy (non-hydrogen) atoms. The molecule has 1 saturated carbocycles. The molecule has 0 amide bonds. The van der Waals surface area contributed by atoms with Gasteiger partial charge in [-0.15, -0.1) is 0 Å². The molecular weight excluding hydrogens is 419 g/mol. The number of hydrogen-bond donors (Lipinski definition) is 1. The average molecular weight is 445 g/mol. The first-order valence-corrected chi connectivity index (χ1v) is 11.1. The van der Waals surface area contributed by atoms with Gasteiger partial charge in [0, 0.05) is 22.5 Å². The zero-order valence-electron chi connectivity index (χ0n) is 18.6. The predicted octanol–water partition coefficient (Wildman–Crippen LogP) is 5.19. The van der Waals surface area contributed by atoms with Crippen LogP contribution in [0.1, 0.15) is 36.6 Å². The molecule has 1 N–H and O–H groups in total. The standard InChI is InChI=1S/C27H25FN2O3/c1-16-21-13-12-20-24(29-25(30-26(20)33-2)19-10-6-7-11-22(19)28)27(21,14-17(15-31)23(16)32)18-8-4-3-5-9-18/h3-11,15-16,21,31H,12-14H2,1-2H3/t16-,21-,27+/m0/s1. The van der Waals surface area contributed by atoms with E-state index in [4.69, 9.17) is 9.72 Å². The third-order valence-corrected chi connectivity index (χ3v) is 7.29. The van der Waals surface area contributed by atoms with Gasteiger partial charge in [-0.3, -0.25) is 4.79 Å². The molecule has 2 aliphatic rings. The highest BCUT2D eigenvalue weighted by molar-refractivity contribution is 5.98. The molecule has 0 bridgehead atoms. The largest absolute Gasteiger partial charge is 0.515 e. The molecule has 0 radical (unpaired) electrons. The van der Waals surface area contributed by atoms with E-state index in [1.54, 1.807) is 25.3 Å². The van der Waals surface area contributed by atoms with Crippen LogP contribution in [0.2, 0.25) is 0 Å². The van der Waals surface area contributed by atoms with Crippen LogP contribution in [-0.4, -0.2) is 28.0 Å². The minimum Gasteiger partial charge on any atom is -0.515 e. The smallest absolute Gasteiger partial charge is 0.220 e. The van der Waals surface area contributed by atoms with Crippen molar-refractivity contribution >= 4 is 5.78 Å². The Labute approximate surface area is 192 Å². The van der Waals surface area contributed by atoms with Crippen LogP contribution < -0.4 is 4.74 Å². The quantitative estimate of drug-likeness (QED) is 0.445. The number of carbonyl (C=O) groups excluding carboxylic acids is 1. The molecule has 2 aromatic carbocycles. The number of halogens is 1. The van der Waals surface area contributed by atoms with E-state index in [2.05, 4.69) is 4.98 Å². The lowest BCUT2D eigenvalue weighted by Gasteiger charge is -2.50. The molecule has 0 unspecified atom stereocenters. The zero-order valence-corrected chi connectivity index (χ0v) is 18.6. The summed E-state index contributed by atoms with van der Waals surface area (Å²) in [6.45, 7) is 1.93. The summed E-state index contributed by atoms with van der Waals surface area (Å²) in [5.41, 5.74) is 2.62. The van der Waals surface area contributed by atoms with Crippen molar-refractivity contribution in [2.75, 3.05) is 7.11 Å². The van der Waals surface area contributed by atoms with Gasteiger partial charge < -0.3 is 9.84 Å². The number of rotatable bonds is 3. The number of Topliss-reactive ketones (excluding diaryl/α,β-unsaturated/α-hetero) is 1. The predicted molar refractivity (Wildman–Crippen MR) is 123 cm³/mol. The topological polar surface area (TPSA) is 72.3 Å². The van der Waals surface area contributed by atoms with E-state index in [-0.39, 0.29) is 23.4 Å². The van der Waals surface area contributed by atoms with Crippen molar-refractivity contribution in [1.82, 2.24) is 9.97 Å². The van der Waals surface area contributed by atoms with Crippen LogP contribution in [0, 0.1) is 17.7 Å². The molecule has 1 heterocycles. The van der Waals surface area contributed by atoms with Gasteiger partial charge in [-0.2, -0.15) is 4.98 Å². The van der Waals surface area contributed by atoms with E-state index in [1.165, 1.54) is 6.07 Å². The van der Waals surface area contributed by atoms with E-state index < -0.39 is 11.2 Å². The van der Waals surface area contributed by atoms with Gasteiger partial charge in [-0.25, -0.2) is 9.37 Å². The Bertz CT molecular complexity index is 1260. The number of aliphatic hydroxyl groups excluding tert-OH is 1. The number of carbonyl (C=O) groups is 1. The van der Waals surface area contributed by atoms with Crippen molar-refractivity contribution in [3.63, 3.8) is 0 Å². The fourth-order valence-corrected chi connectivity index (χ4v) is 5.76. The van der Waals surface area contributed by atoms with Crippen molar-refractivity contribution in [1.29, 1.82) is 0 Å². The number of ether oxygens (including phenoxy) is 1. The average Bonchev–Trinajstić information content (AvgIpc) is 2.86. The molecule has 168 valence electrons. The highest BCUT2D eigenvalue weighted by Gasteiger charge is 2.55. The molecular formula is C27H25FN2O3. The number of fused-ring (bicyclic) bond motifs is 3. The monoisotopic (exact) mass is 444 g/mol. The summed E-state index contributed by atoms with van der Waals surface area (Å²) in [7, 11) is 1.56. The molecule has 0 aliphatic heterocycles. The van der Waals surface area contributed by atoms with Gasteiger partial charge in [0.25, 0.3) is 0 Å². The van der Waals surface area contributed by atoms with E-state index in [1.807, 2.05) is 37.3 Å². The van der Waals surface area contributed by atoms with E-state index in [9.17, 15) is 14.3 Å². The number of allylic oxidation sites excluding steroid dienone is 1. The second-order valence-electron chi connectivity index (χ2n) is 8.83. The Kier molecular flexibility index (Phi) is 5.23. The first-order valence-electron chi connectivity index (χ1n) is 11.1. The van der Waals surface area contributed by atoms with Crippen LogP contribution in [0.4, 0.5) is 4.39 Å². The SMILES string of the molecule is COc1nc(-c2ccccc2F)nc2c1CC[C@H]1[C@H](C)C(=O)C(=CO)C[C@]21c1ccccc1. The number of benzene rings is 2. The lowest BCUT2D eigenvalue weighted by atomic mass is 9.52. The van der Waals surface area contributed by atoms with Crippen molar-refractivity contribution in [3.05, 3.63) is 89.1 Å². The van der Waals surface area contributed by atoms with Crippen molar-refractivity contribution in [3.8, 4) is 17.3 Å². The Hall–Kier alpha value is -3.54. The molecule has 0 spiro atoms. The Morgan fingerprint density at radius 2 is 1.85 bits per heavy atom. The second kappa shape index (κ2) is 8.10. The first kappa shape index (κ1) is 21.3. The number of nitrogens with zero attached hydrogens (tertiary/aromatic N) is 2. The zero-order chi connectivity index (χ0) is 23.2. The summed E-state index contributed by atoms with van der Waals surface area (Å²) < 4.78 is 20.4. The molecule has 6 heteroatoms. The summed E-state index contributed by atoms with van der Waals surface area (Å²) in [6, 6.07) is 16.4. The van der Waals surface area contributed by atoms with E-state index in [0.29, 0.717) is 29.9 Å². The number of ketones is 1. The Morgan fingerprint density at radius 3 is 2.55 bits per heavy atom. The van der Waals surface area contributed by atoms with Crippen molar-refractivity contribution in [2.45, 2.75) is 31.6 Å². The lowest BCUT2D eigenvalue weighted by Crippen LogP contribution is -2.51. The number of methoxy groups -OCH3 is 1. The van der Waals surface area contributed by atoms with Crippen LogP contribution in [0.5, 0.6) is 5.88 Å². The molecule has 5 nitrogen and oxygen atoms in total. The van der Waals surface area contributed by atoms with Crippen molar-refractivity contribution < 1.29 is 19.0 Å². The number of aliphatic hydroxyl groups is 1. The van der Waals surface area contributed by atoms with Crippen LogP contribution >= 0.6 is 0 Å². The van der Waals surface area contributed by atoms with E-state index >= 15 is 0 Å². The molecule has 0 saturated heterocycles. The molecule has 3 atom stereocenters. The van der Waals surface area contributed by atoms with Crippen LogP contribution in [0.3, 0.4) is 0 Å². The van der Waals surface area contributed by atoms with Gasteiger partial charge in [-0.1, -0.05) is 49.4 Å². The third-order valence-electron chi connectivity index (χ3n) is 7.29. The molecule has 1 fully saturated rings. The normalized spacial score (nSPS) is 25.4. The minimum atomic E-state index is -0.674. The van der Waals surface area contributed by atoms with Gasteiger partial charge >= 0.3 is 0 Å². The van der Waals surface area contributed by atoms with Crippen molar-refractivity contribution in [2.24, 2.45) is 11.8 Å². The van der Waals surface area contributed by atoms with Gasteiger partial charge in [-0.05, 0) is 42.9 Å². The van der Waals surface area contributed by atoms with Gasteiger partial charge in [0.15, 0.2) is 11.6 Å². The molecule has 1 aromatic heterocycles. The fraction of sp³-hybridized carbons (Fsp3) is 0.296. The summed E-state index contributed by atoms with van der Waals surface area (Å²) in [6.07, 6.45) is 2.66. The third kappa shape index (κ3) is 3.16. The maximum Gasteiger partial charge on any atom is 0.220 e. The summed E-state index contributed by atoms with van der Waals surface area (Å²) in [4.78, 5) is 22.5. The van der Waals surface area contributed by atoms with Gasteiger partial charge in [0.2, 0.25) is 5.88 Å². The minimum absolute atomic E-state index is 0.0309. The van der Waals surface area contributed by atoms with Crippen LogP contribution in [0.25, 0.3) is 11.4 Å². The first-order chi connectivity index (χ1) is 16.0. The summed E-state index contributed by atoms with van der Waals surface area (Å²) in [5.74, 6) is -0.110. The number of aromatic nitrogens is 2. The van der Waals surface area contributed by atoms with Gasteiger partial charge in [0.1, 0.15) is 5.82 Å². The van der Waals surface area contributed by atoms with E-state index in [0.717, 1.165) is 29.5 Å². The van der Waals surface area contributed by atoms with Crippen LogP contribution in [-0.2, 0) is 16.6 Å². The maximum absolute atomic E-state index is 14.7. The Morgan fingerprint density at radius 1 is 1.12 bits per heavy atom. The summed E-state index contributed by atoms with van der Waals surface area (Å²) in [5, 5.41) is 9.96. The fourth-order valence-electron chi connectivity index (χ4n) is 5.76. The highest BCUT2D eigenvalue weighted by Crippen LogP contribution is 2.56. The molecule has 3 aromatic rings. The summed E-state index contributed by atoms with van der Waals surface area (Å²) >= 11 is 0. The molecule has 5 rings (SSSR count). The molecule has 2 aliphatic carbocycles. The number of hydrogen-bond acceptors (Lipinski definition) is 5. The maximum atomic E-state index is 14.7. The lowest BCUT2D eigenvalue weighted by molar-refractivity contribution is -0.123. The van der Waals surface area contributed by atoms with Crippen LogP contribution in [0.15, 0.2) is 66.4 Å². The Balaban J connectivity index is 1.85. The van der Waals surface area contributed by atoms with Gasteiger partial charge in [0.05, 0.1) is 24.6 Å². The highest BCUT2D eigenvalue weighted by atomic mass is 19.1.